The maximum Gasteiger partial charge on any atom is 0.339 e. The van der Waals surface area contributed by atoms with Crippen molar-refractivity contribution in [2.24, 2.45) is 10.7 Å². The summed E-state index contributed by atoms with van der Waals surface area (Å²) in [5, 5.41) is 3.02. The Bertz CT molecular complexity index is 1150. The largest absolute Gasteiger partial charge is 0.456 e. The van der Waals surface area contributed by atoms with Gasteiger partial charge >= 0.3 is 5.97 Å². The molecule has 0 saturated carbocycles. The summed E-state index contributed by atoms with van der Waals surface area (Å²) >= 11 is 5.69. The zero-order valence-corrected chi connectivity index (χ0v) is 20.4. The number of aromatic amines is 1. The minimum atomic E-state index is -0.678. The van der Waals surface area contributed by atoms with Gasteiger partial charge in [-0.25, -0.2) is 9.78 Å². The van der Waals surface area contributed by atoms with Crippen LogP contribution in [-0.2, 0) is 4.74 Å². The second-order valence-electron chi connectivity index (χ2n) is 8.86. The molecule has 1 heterocycles. The molecule has 1 unspecified atom stereocenters. The number of alkyl halides is 1. The highest BCUT2D eigenvalue weighted by molar-refractivity contribution is 6.27. The van der Waals surface area contributed by atoms with Gasteiger partial charge in [-0.2, -0.15) is 0 Å². The lowest BCUT2D eigenvalue weighted by Gasteiger charge is -2.21. The minimum absolute atomic E-state index is 0.172. The Labute approximate surface area is 204 Å². The van der Waals surface area contributed by atoms with E-state index >= 15 is 0 Å². The van der Waals surface area contributed by atoms with Crippen molar-refractivity contribution in [3.8, 4) is 0 Å². The molecule has 9 heteroatoms. The molecule has 8 nitrogen and oxygen atoms in total. The van der Waals surface area contributed by atoms with Crippen LogP contribution in [0.2, 0.25) is 0 Å². The zero-order valence-electron chi connectivity index (χ0n) is 19.6. The van der Waals surface area contributed by atoms with Crippen LogP contribution in [0, 0.1) is 0 Å². The van der Waals surface area contributed by atoms with Crippen LogP contribution in [0.15, 0.2) is 53.5 Å². The van der Waals surface area contributed by atoms with Crippen molar-refractivity contribution in [3.05, 3.63) is 65.5 Å². The first-order chi connectivity index (χ1) is 16.2. The van der Waals surface area contributed by atoms with E-state index in [-0.39, 0.29) is 17.0 Å². The number of fused-ring (bicyclic) bond motifs is 1. The number of carbonyl (C=O) groups is 2. The van der Waals surface area contributed by atoms with E-state index < -0.39 is 23.5 Å². The Morgan fingerprint density at radius 2 is 1.82 bits per heavy atom. The zero-order chi connectivity index (χ0) is 24.7. The fourth-order valence-electron chi connectivity index (χ4n) is 3.40. The predicted molar refractivity (Wildman–Crippen MR) is 134 cm³/mol. The van der Waals surface area contributed by atoms with Gasteiger partial charge in [0.1, 0.15) is 17.3 Å². The first-order valence-corrected chi connectivity index (χ1v) is 11.6. The number of benzene rings is 2. The van der Waals surface area contributed by atoms with E-state index in [1.165, 1.54) is 0 Å². The van der Waals surface area contributed by atoms with Gasteiger partial charge in [0.25, 0.3) is 5.91 Å². The van der Waals surface area contributed by atoms with Gasteiger partial charge in [-0.3, -0.25) is 9.79 Å². The number of hydrogen-bond acceptors (Lipinski definition) is 5. The fraction of sp³-hybridized carbons (Fsp3) is 0.360. The molecule has 0 fully saturated rings. The number of aliphatic imine (C=N–C) groups is 1. The monoisotopic (exact) mass is 483 g/mol. The van der Waals surface area contributed by atoms with E-state index in [2.05, 4.69) is 20.3 Å². The molecule has 3 rings (SSSR count). The van der Waals surface area contributed by atoms with E-state index in [1.54, 1.807) is 45.0 Å². The van der Waals surface area contributed by atoms with E-state index in [1.807, 2.05) is 24.3 Å². The van der Waals surface area contributed by atoms with Crippen molar-refractivity contribution >= 4 is 40.3 Å². The lowest BCUT2D eigenvalue weighted by atomic mass is 10.0. The summed E-state index contributed by atoms with van der Waals surface area (Å²) in [6, 6.07) is 13.8. The Morgan fingerprint density at radius 1 is 1.15 bits per heavy atom. The number of hydrogen-bond donors (Lipinski definition) is 3. The number of carbonyl (C=O) groups excluding carboxylic acids is 2. The number of esters is 1. The second kappa shape index (κ2) is 11.2. The lowest BCUT2D eigenvalue weighted by Crippen LogP contribution is -2.32. The molecule has 2 aromatic carbocycles. The van der Waals surface area contributed by atoms with Gasteiger partial charge in [-0.1, -0.05) is 24.3 Å². The number of amides is 1. The van der Waals surface area contributed by atoms with E-state index in [0.29, 0.717) is 31.0 Å². The molecule has 1 aromatic heterocycles. The number of H-pyrrole nitrogens is 1. The molecule has 34 heavy (non-hydrogen) atoms. The highest BCUT2D eigenvalue weighted by atomic mass is 35.5. The minimum Gasteiger partial charge on any atom is -0.456 e. The molecule has 180 valence electrons. The number of rotatable bonds is 9. The van der Waals surface area contributed by atoms with E-state index in [0.717, 1.165) is 11.0 Å². The van der Waals surface area contributed by atoms with Crippen LogP contribution < -0.4 is 11.1 Å². The van der Waals surface area contributed by atoms with Gasteiger partial charge in [0.05, 0.1) is 34.1 Å². The predicted octanol–water partition coefficient (Wildman–Crippen LogP) is 4.37. The van der Waals surface area contributed by atoms with Crippen molar-refractivity contribution in [2.45, 2.75) is 45.3 Å². The van der Waals surface area contributed by atoms with Crippen LogP contribution >= 0.6 is 11.6 Å². The summed E-state index contributed by atoms with van der Waals surface area (Å²) in [6.45, 7) is 5.82. The standard InChI is InChI=1S/C25H30ClN5O3/c1-25(2,3)34-24(33)17-10-5-4-9-16(17)23(32)31-20(13-8-14-28-21(27)15-26)22-29-18-11-6-7-12-19(18)30-22/h4-7,9-12,20H,8,13-15H2,1-3H3,(H2,27,28)(H,29,30)(H,31,32). The fourth-order valence-corrected chi connectivity index (χ4v) is 3.49. The van der Waals surface area contributed by atoms with Gasteiger partial charge in [0, 0.05) is 6.54 Å². The lowest BCUT2D eigenvalue weighted by molar-refractivity contribution is 0.00675. The third kappa shape index (κ3) is 6.81. The number of nitrogens with two attached hydrogens (primary N) is 1. The molecule has 0 aliphatic rings. The number of amidine groups is 1. The molecular formula is C25H30ClN5O3. The molecule has 1 atom stereocenters. The molecule has 0 bridgehead atoms. The average Bonchev–Trinajstić information content (AvgIpc) is 3.23. The quantitative estimate of drug-likeness (QED) is 0.137. The number of nitrogens with one attached hydrogen (secondary N) is 2. The van der Waals surface area contributed by atoms with E-state index in [9.17, 15) is 9.59 Å². The van der Waals surface area contributed by atoms with Crippen LogP contribution in [0.1, 0.15) is 66.2 Å². The number of nitrogens with zero attached hydrogens (tertiary/aromatic N) is 2. The maximum atomic E-state index is 13.3. The summed E-state index contributed by atoms with van der Waals surface area (Å²) in [5.74, 6) is 0.224. The highest BCUT2D eigenvalue weighted by Crippen LogP contribution is 2.22. The smallest absolute Gasteiger partial charge is 0.339 e. The maximum absolute atomic E-state index is 13.3. The summed E-state index contributed by atoms with van der Waals surface area (Å²) in [5.41, 5.74) is 7.12. The van der Waals surface area contributed by atoms with Gasteiger partial charge in [0.15, 0.2) is 0 Å². The van der Waals surface area contributed by atoms with Gasteiger partial charge in [0.2, 0.25) is 0 Å². The third-order valence-corrected chi connectivity index (χ3v) is 5.21. The number of aromatic nitrogens is 2. The van der Waals surface area contributed by atoms with Crippen LogP contribution in [0.25, 0.3) is 11.0 Å². The van der Waals surface area contributed by atoms with Gasteiger partial charge < -0.3 is 20.8 Å². The van der Waals surface area contributed by atoms with Crippen LogP contribution in [0.5, 0.6) is 0 Å². The Kier molecular flexibility index (Phi) is 8.28. The first-order valence-electron chi connectivity index (χ1n) is 11.1. The Morgan fingerprint density at radius 3 is 2.50 bits per heavy atom. The topological polar surface area (TPSA) is 122 Å². The van der Waals surface area contributed by atoms with Crippen LogP contribution in [0.3, 0.4) is 0 Å². The number of halogens is 1. The number of para-hydroxylation sites is 2. The normalized spacial score (nSPS) is 13.0. The third-order valence-electron chi connectivity index (χ3n) is 4.94. The van der Waals surface area contributed by atoms with Gasteiger partial charge in [-0.15, -0.1) is 11.6 Å². The second-order valence-corrected chi connectivity index (χ2v) is 9.13. The molecule has 1 amide bonds. The Balaban J connectivity index is 1.84. The molecule has 0 aliphatic heterocycles. The van der Waals surface area contributed by atoms with Crippen LogP contribution in [0.4, 0.5) is 0 Å². The van der Waals surface area contributed by atoms with Gasteiger partial charge in [-0.05, 0) is 57.9 Å². The number of ether oxygens (including phenoxy) is 1. The van der Waals surface area contributed by atoms with Crippen molar-refractivity contribution < 1.29 is 14.3 Å². The SMILES string of the molecule is CC(C)(C)OC(=O)c1ccccc1C(=O)NC(CCCN=C(N)CCl)c1nc2ccccc2[nH]1. The van der Waals surface area contributed by atoms with E-state index in [4.69, 9.17) is 22.1 Å². The molecule has 0 spiro atoms. The molecular weight excluding hydrogens is 454 g/mol. The van der Waals surface area contributed by atoms with Crippen molar-refractivity contribution in [1.82, 2.24) is 15.3 Å². The summed E-state index contributed by atoms with van der Waals surface area (Å²) in [4.78, 5) is 38.2. The van der Waals surface area contributed by atoms with Crippen molar-refractivity contribution in [1.29, 1.82) is 0 Å². The van der Waals surface area contributed by atoms with Crippen molar-refractivity contribution in [2.75, 3.05) is 12.4 Å². The summed E-state index contributed by atoms with van der Waals surface area (Å²) in [7, 11) is 0. The molecule has 0 aliphatic carbocycles. The molecule has 3 aromatic rings. The van der Waals surface area contributed by atoms with Crippen LogP contribution in [-0.4, -0.2) is 45.7 Å². The number of imidazole rings is 1. The molecule has 0 saturated heterocycles. The first kappa shape index (κ1) is 25.2. The highest BCUT2D eigenvalue weighted by Gasteiger charge is 2.25. The molecule has 0 radical (unpaired) electrons. The van der Waals surface area contributed by atoms with Crippen molar-refractivity contribution in [3.63, 3.8) is 0 Å². The summed E-state index contributed by atoms with van der Waals surface area (Å²) in [6.07, 6.45) is 1.20. The molecule has 4 N–H and O–H groups in total. The Hall–Kier alpha value is -3.39. The summed E-state index contributed by atoms with van der Waals surface area (Å²) < 4.78 is 5.48. The average molecular weight is 484 g/mol.